The number of nitrogens with zero attached hydrogens (tertiary/aromatic N) is 1. The molecule has 2 aromatic rings. The van der Waals surface area contributed by atoms with Crippen LogP contribution in [-0.4, -0.2) is 36.6 Å². The molecule has 5 nitrogen and oxygen atoms in total. The van der Waals surface area contributed by atoms with E-state index in [1.165, 1.54) is 0 Å². The number of hydrogen-bond donors (Lipinski definition) is 0. The molecule has 0 radical (unpaired) electrons. The van der Waals surface area contributed by atoms with Gasteiger partial charge in [0.1, 0.15) is 0 Å². The fourth-order valence-electron chi connectivity index (χ4n) is 3.10. The zero-order valence-electron chi connectivity index (χ0n) is 16.4. The molecule has 7 heteroatoms. The minimum atomic E-state index is -0.565. The van der Waals surface area contributed by atoms with Crippen molar-refractivity contribution in [2.24, 2.45) is 0 Å². The minimum absolute atomic E-state index is 0.149. The lowest BCUT2D eigenvalue weighted by Gasteiger charge is -2.32. The standard InChI is InChI=1S/C20H25BClNO4/c1-19(2)20(3,4)27-21(26-19)15-9-10-23(18(24)12-15)17(13-25-5)14-7-6-8-16(22)11-14/h6-12,17H,13H2,1-5H3. The van der Waals surface area contributed by atoms with E-state index in [0.717, 1.165) is 5.56 Å². The summed E-state index contributed by atoms with van der Waals surface area (Å²) < 4.78 is 19.1. The van der Waals surface area contributed by atoms with Crippen LogP contribution < -0.4 is 11.0 Å². The monoisotopic (exact) mass is 389 g/mol. The summed E-state index contributed by atoms with van der Waals surface area (Å²) in [6, 6.07) is 10.6. The third-order valence-electron chi connectivity index (χ3n) is 5.39. The van der Waals surface area contributed by atoms with Crippen LogP contribution in [0.3, 0.4) is 0 Å². The average Bonchev–Trinajstić information content (AvgIpc) is 2.81. The summed E-state index contributed by atoms with van der Waals surface area (Å²) in [5.41, 5.74) is 0.564. The van der Waals surface area contributed by atoms with Crippen molar-refractivity contribution in [2.75, 3.05) is 13.7 Å². The van der Waals surface area contributed by atoms with Crippen LogP contribution in [0.25, 0.3) is 0 Å². The predicted octanol–water partition coefficient (Wildman–Crippen LogP) is 3.04. The van der Waals surface area contributed by atoms with E-state index < -0.39 is 18.3 Å². The van der Waals surface area contributed by atoms with Gasteiger partial charge in [-0.05, 0) is 56.9 Å². The molecular formula is C20H25BClNO4. The lowest BCUT2D eigenvalue weighted by Crippen LogP contribution is -2.41. The van der Waals surface area contributed by atoms with Gasteiger partial charge in [-0.15, -0.1) is 0 Å². The number of benzene rings is 1. The van der Waals surface area contributed by atoms with Crippen LogP contribution in [0.15, 0.2) is 47.4 Å². The SMILES string of the molecule is COCC(c1cccc(Cl)c1)n1ccc(B2OC(C)(C)C(C)(C)O2)cc1=O. The first-order valence-electron chi connectivity index (χ1n) is 8.97. The zero-order chi connectivity index (χ0) is 19.8. The van der Waals surface area contributed by atoms with E-state index in [9.17, 15) is 4.79 Å². The molecule has 1 aromatic carbocycles. The molecule has 0 N–H and O–H groups in total. The van der Waals surface area contributed by atoms with E-state index in [1.807, 2.05) is 52.0 Å². The summed E-state index contributed by atoms with van der Waals surface area (Å²) in [5.74, 6) is 0. The highest BCUT2D eigenvalue weighted by Crippen LogP contribution is 2.36. The quantitative estimate of drug-likeness (QED) is 0.738. The largest absolute Gasteiger partial charge is 0.495 e. The number of aromatic nitrogens is 1. The van der Waals surface area contributed by atoms with Gasteiger partial charge < -0.3 is 18.6 Å². The number of ether oxygens (including phenoxy) is 1. The van der Waals surface area contributed by atoms with Crippen LogP contribution in [0.1, 0.15) is 39.3 Å². The number of pyridine rings is 1. The third kappa shape index (κ3) is 3.99. The Labute approximate surface area is 165 Å². The van der Waals surface area contributed by atoms with Gasteiger partial charge in [0.2, 0.25) is 0 Å². The normalized spacial score (nSPS) is 19.3. The summed E-state index contributed by atoms with van der Waals surface area (Å²) in [5, 5.41) is 0.621. The molecule has 1 atom stereocenters. The lowest BCUT2D eigenvalue weighted by molar-refractivity contribution is 0.00578. The van der Waals surface area contributed by atoms with E-state index >= 15 is 0 Å². The predicted molar refractivity (Wildman–Crippen MR) is 108 cm³/mol. The maximum Gasteiger partial charge on any atom is 0.495 e. The second-order valence-electron chi connectivity index (χ2n) is 7.82. The van der Waals surface area contributed by atoms with Crippen molar-refractivity contribution in [3.05, 3.63) is 63.5 Å². The molecule has 1 unspecified atom stereocenters. The van der Waals surface area contributed by atoms with Crippen LogP contribution >= 0.6 is 11.6 Å². The second kappa shape index (κ2) is 7.43. The van der Waals surface area contributed by atoms with Gasteiger partial charge in [-0.1, -0.05) is 23.7 Å². The van der Waals surface area contributed by atoms with Crippen LogP contribution in [0, 0.1) is 0 Å². The van der Waals surface area contributed by atoms with Crippen molar-refractivity contribution in [1.82, 2.24) is 4.57 Å². The lowest BCUT2D eigenvalue weighted by atomic mass is 9.80. The molecule has 2 heterocycles. The number of rotatable bonds is 5. The van der Waals surface area contributed by atoms with Crippen molar-refractivity contribution in [3.8, 4) is 0 Å². The second-order valence-corrected chi connectivity index (χ2v) is 8.26. The van der Waals surface area contributed by atoms with E-state index in [1.54, 1.807) is 30.0 Å². The first-order valence-corrected chi connectivity index (χ1v) is 9.34. The van der Waals surface area contributed by atoms with Crippen molar-refractivity contribution < 1.29 is 14.0 Å². The van der Waals surface area contributed by atoms with E-state index in [0.29, 0.717) is 17.1 Å². The van der Waals surface area contributed by atoms with Crippen molar-refractivity contribution in [1.29, 1.82) is 0 Å². The Morgan fingerprint density at radius 1 is 1.15 bits per heavy atom. The topological polar surface area (TPSA) is 49.7 Å². The van der Waals surface area contributed by atoms with Crippen molar-refractivity contribution in [3.63, 3.8) is 0 Å². The molecule has 0 saturated carbocycles. The fourth-order valence-corrected chi connectivity index (χ4v) is 3.30. The maximum absolute atomic E-state index is 12.9. The fraction of sp³-hybridized carbons (Fsp3) is 0.450. The summed E-state index contributed by atoms with van der Waals surface area (Å²) in [6.45, 7) is 8.31. The van der Waals surface area contributed by atoms with Crippen LogP contribution in [0.4, 0.5) is 0 Å². The Bertz CT molecular complexity index is 864. The third-order valence-corrected chi connectivity index (χ3v) is 5.63. The summed E-state index contributed by atoms with van der Waals surface area (Å²) in [4.78, 5) is 12.9. The highest BCUT2D eigenvalue weighted by Gasteiger charge is 2.51. The number of hydrogen-bond acceptors (Lipinski definition) is 4. The molecule has 0 bridgehead atoms. The van der Waals surface area contributed by atoms with Crippen molar-refractivity contribution >= 4 is 24.2 Å². The first-order chi connectivity index (χ1) is 12.6. The van der Waals surface area contributed by atoms with E-state index in [4.69, 9.17) is 25.6 Å². The first kappa shape index (κ1) is 20.1. The van der Waals surface area contributed by atoms with Crippen LogP contribution in [0.2, 0.25) is 5.02 Å². The van der Waals surface area contributed by atoms with Gasteiger partial charge in [-0.3, -0.25) is 4.79 Å². The molecule has 1 aromatic heterocycles. The minimum Gasteiger partial charge on any atom is -0.399 e. The van der Waals surface area contributed by atoms with E-state index in [2.05, 4.69) is 0 Å². The van der Waals surface area contributed by atoms with Gasteiger partial charge >= 0.3 is 7.12 Å². The highest BCUT2D eigenvalue weighted by atomic mass is 35.5. The summed E-state index contributed by atoms with van der Waals surface area (Å²) >= 11 is 6.12. The molecule has 1 fully saturated rings. The number of halogens is 1. The average molecular weight is 390 g/mol. The molecule has 0 amide bonds. The molecule has 1 aliphatic rings. The zero-order valence-corrected chi connectivity index (χ0v) is 17.1. The molecule has 1 saturated heterocycles. The van der Waals surface area contributed by atoms with Gasteiger partial charge in [0, 0.05) is 24.4 Å². The Kier molecular flexibility index (Phi) is 5.55. The molecule has 1 aliphatic heterocycles. The van der Waals surface area contributed by atoms with Gasteiger partial charge in [-0.2, -0.15) is 0 Å². The van der Waals surface area contributed by atoms with Crippen LogP contribution in [-0.2, 0) is 14.0 Å². The molecule has 3 rings (SSSR count). The molecule has 0 spiro atoms. The molecule has 144 valence electrons. The van der Waals surface area contributed by atoms with Gasteiger partial charge in [0.05, 0.1) is 23.9 Å². The van der Waals surface area contributed by atoms with E-state index in [-0.39, 0.29) is 11.6 Å². The maximum atomic E-state index is 12.9. The molecular weight excluding hydrogens is 364 g/mol. The van der Waals surface area contributed by atoms with Crippen LogP contribution in [0.5, 0.6) is 0 Å². The van der Waals surface area contributed by atoms with Gasteiger partial charge in [-0.25, -0.2) is 0 Å². The number of methoxy groups -OCH3 is 1. The Morgan fingerprint density at radius 3 is 2.37 bits per heavy atom. The summed E-state index contributed by atoms with van der Waals surface area (Å²) in [6.07, 6.45) is 1.76. The summed E-state index contributed by atoms with van der Waals surface area (Å²) in [7, 11) is 1.05. The Morgan fingerprint density at radius 2 is 1.81 bits per heavy atom. The Balaban J connectivity index is 1.93. The molecule has 27 heavy (non-hydrogen) atoms. The molecule has 0 aliphatic carbocycles. The highest BCUT2D eigenvalue weighted by molar-refractivity contribution is 6.62. The Hall–Kier alpha value is -1.60. The van der Waals surface area contributed by atoms with Crippen molar-refractivity contribution in [2.45, 2.75) is 44.9 Å². The smallest absolute Gasteiger partial charge is 0.399 e. The van der Waals surface area contributed by atoms with Gasteiger partial charge in [0.25, 0.3) is 5.56 Å². The van der Waals surface area contributed by atoms with Gasteiger partial charge in [0.15, 0.2) is 0 Å².